The number of fused-ring (bicyclic) bond motifs is 1. The lowest BCUT2D eigenvalue weighted by Gasteiger charge is -2.50. The van der Waals surface area contributed by atoms with Crippen molar-refractivity contribution in [1.29, 1.82) is 0 Å². The Morgan fingerprint density at radius 2 is 1.79 bits per heavy atom. The van der Waals surface area contributed by atoms with E-state index in [9.17, 15) is 24.3 Å². The van der Waals surface area contributed by atoms with E-state index in [-0.39, 0.29) is 30.5 Å². The summed E-state index contributed by atoms with van der Waals surface area (Å²) < 4.78 is 0. The molecule has 2 aromatic rings. The number of allylic oxidation sites excluding steroid dienone is 1. The lowest BCUT2D eigenvalue weighted by molar-refractivity contribution is -0.139. The molecule has 7 N–H and O–H groups in total. The van der Waals surface area contributed by atoms with Crippen molar-refractivity contribution in [3.8, 4) is 5.75 Å². The van der Waals surface area contributed by atoms with Crippen LogP contribution in [-0.2, 0) is 14.4 Å². The molecule has 2 aromatic carbocycles. The Balaban J connectivity index is 0.867. The summed E-state index contributed by atoms with van der Waals surface area (Å²) in [6, 6.07) is 13.2. The van der Waals surface area contributed by atoms with E-state index in [2.05, 4.69) is 37.2 Å². The van der Waals surface area contributed by atoms with Crippen LogP contribution in [0.1, 0.15) is 79.8 Å². The molecule has 14 nitrogen and oxygen atoms in total. The molecule has 14 heteroatoms. The largest absolute Gasteiger partial charge is 0.507 e. The number of aryl methyl sites for hydroxylation is 1. The average molecular weight is 782 g/mol. The molecule has 306 valence electrons. The summed E-state index contributed by atoms with van der Waals surface area (Å²) in [6.07, 6.45) is 9.25. The number of hydrogen-bond acceptors (Lipinski definition) is 12. The first kappa shape index (κ1) is 40.1. The van der Waals surface area contributed by atoms with Crippen molar-refractivity contribution in [3.05, 3.63) is 76.7 Å². The van der Waals surface area contributed by atoms with Gasteiger partial charge in [-0.05, 0) is 108 Å². The topological polar surface area (TPSA) is 181 Å². The third-order valence-electron chi connectivity index (χ3n) is 13.0. The van der Waals surface area contributed by atoms with Gasteiger partial charge in [-0.1, -0.05) is 24.3 Å². The first-order valence-electron chi connectivity index (χ1n) is 20.7. The number of rotatable bonds is 11. The maximum Gasteiger partial charge on any atom is 0.263 e. The fraction of sp³-hybridized carbons (Fsp3) is 0.535. The SMILES string of the molecule is Cc1cccc(N2CCC(CCCN3CCC(N4CCN5C(/C=C(\N)c6ccccc6O)=C(N)NCC5C4)CC3C)CC2)c1C(=O)N(C=O)C1CCC(=O)NC1=O. The van der Waals surface area contributed by atoms with E-state index < -0.39 is 17.9 Å². The van der Waals surface area contributed by atoms with Gasteiger partial charge in [0.15, 0.2) is 0 Å². The Morgan fingerprint density at radius 3 is 2.53 bits per heavy atom. The second kappa shape index (κ2) is 17.6. The lowest BCUT2D eigenvalue weighted by atomic mass is 9.90. The van der Waals surface area contributed by atoms with Crippen LogP contribution in [0.3, 0.4) is 0 Å². The number of phenolic OH excluding ortho intramolecular Hbond substituents is 1. The normalized spacial score (nSPS) is 25.5. The van der Waals surface area contributed by atoms with Crippen LogP contribution in [0.25, 0.3) is 5.70 Å². The van der Waals surface area contributed by atoms with Crippen molar-refractivity contribution in [3.63, 3.8) is 0 Å². The molecule has 0 bridgehead atoms. The van der Waals surface area contributed by atoms with E-state index in [0.29, 0.717) is 47.1 Å². The third-order valence-corrected chi connectivity index (χ3v) is 13.0. The fourth-order valence-corrected chi connectivity index (χ4v) is 9.72. The summed E-state index contributed by atoms with van der Waals surface area (Å²) in [7, 11) is 0. The Hall–Kier alpha value is -5.08. The number of nitrogens with one attached hydrogen (secondary N) is 2. The van der Waals surface area contributed by atoms with E-state index in [1.165, 1.54) is 6.42 Å². The second-order valence-corrected chi connectivity index (χ2v) is 16.5. The minimum Gasteiger partial charge on any atom is -0.507 e. The van der Waals surface area contributed by atoms with Crippen LogP contribution in [0.5, 0.6) is 5.75 Å². The number of amides is 4. The van der Waals surface area contributed by atoms with E-state index in [1.54, 1.807) is 12.1 Å². The number of piperazine rings is 1. The molecule has 4 atom stereocenters. The van der Waals surface area contributed by atoms with Gasteiger partial charge in [-0.25, -0.2) is 0 Å². The van der Waals surface area contributed by atoms with Crippen LogP contribution in [0.4, 0.5) is 5.69 Å². The smallest absolute Gasteiger partial charge is 0.263 e. The molecular weight excluding hydrogens is 723 g/mol. The summed E-state index contributed by atoms with van der Waals surface area (Å²) in [4.78, 5) is 61.1. The quantitative estimate of drug-likeness (QED) is 0.167. The zero-order chi connectivity index (χ0) is 40.2. The second-order valence-electron chi connectivity index (χ2n) is 16.5. The number of likely N-dealkylation sites (tertiary alicyclic amines) is 1. The maximum atomic E-state index is 13.8. The van der Waals surface area contributed by atoms with E-state index in [1.807, 2.05) is 43.3 Å². The highest BCUT2D eigenvalue weighted by Gasteiger charge is 2.38. The summed E-state index contributed by atoms with van der Waals surface area (Å²) in [6.45, 7) is 11.7. The van der Waals surface area contributed by atoms with Crippen molar-refractivity contribution in [2.75, 3.05) is 57.3 Å². The maximum absolute atomic E-state index is 13.8. The van der Waals surface area contributed by atoms with Gasteiger partial charge in [0, 0.05) is 74.7 Å². The van der Waals surface area contributed by atoms with Crippen molar-refractivity contribution in [2.45, 2.75) is 89.4 Å². The number of carbonyl (C=O) groups is 4. The number of carbonyl (C=O) groups excluding carboxylic acids is 4. The molecule has 0 aliphatic carbocycles. The lowest BCUT2D eigenvalue weighted by Crippen LogP contribution is -2.62. The van der Waals surface area contributed by atoms with Crippen molar-refractivity contribution < 1.29 is 24.3 Å². The Kier molecular flexibility index (Phi) is 12.4. The first-order chi connectivity index (χ1) is 27.5. The van der Waals surface area contributed by atoms with Gasteiger partial charge >= 0.3 is 0 Å². The number of hydrogen-bond donors (Lipinski definition) is 5. The molecule has 4 amide bonds. The van der Waals surface area contributed by atoms with Gasteiger partial charge in [0.05, 0.1) is 17.3 Å². The summed E-state index contributed by atoms with van der Waals surface area (Å²) >= 11 is 0. The van der Waals surface area contributed by atoms with Gasteiger partial charge in [0.2, 0.25) is 18.2 Å². The molecule has 4 saturated heterocycles. The zero-order valence-corrected chi connectivity index (χ0v) is 33.4. The Morgan fingerprint density at radius 1 is 1.00 bits per heavy atom. The van der Waals surface area contributed by atoms with Gasteiger partial charge in [-0.15, -0.1) is 0 Å². The van der Waals surface area contributed by atoms with E-state index in [0.717, 1.165) is 106 Å². The molecule has 0 radical (unpaired) electrons. The molecular formula is C43H59N9O5. The molecule has 0 aromatic heterocycles. The predicted molar refractivity (Wildman–Crippen MR) is 219 cm³/mol. The molecule has 0 saturated carbocycles. The van der Waals surface area contributed by atoms with Crippen LogP contribution >= 0.6 is 0 Å². The van der Waals surface area contributed by atoms with Crippen LogP contribution in [-0.4, -0.2) is 125 Å². The monoisotopic (exact) mass is 781 g/mol. The molecule has 0 spiro atoms. The number of para-hydroxylation sites is 1. The van der Waals surface area contributed by atoms with Gasteiger partial charge in [-0.2, -0.15) is 0 Å². The minimum absolute atomic E-state index is 0.0883. The van der Waals surface area contributed by atoms with Crippen molar-refractivity contribution in [1.82, 2.24) is 30.2 Å². The number of aromatic hydroxyl groups is 1. The number of nitrogens with two attached hydrogens (primary N) is 2. The molecule has 5 aliphatic rings. The van der Waals surface area contributed by atoms with Crippen molar-refractivity contribution >= 4 is 35.5 Å². The molecule has 7 rings (SSSR count). The predicted octanol–water partition coefficient (Wildman–Crippen LogP) is 2.67. The minimum atomic E-state index is -0.997. The number of phenols is 1. The summed E-state index contributed by atoms with van der Waals surface area (Å²) in [5.41, 5.74) is 16.9. The van der Waals surface area contributed by atoms with Gasteiger partial charge in [0.1, 0.15) is 17.6 Å². The molecule has 5 heterocycles. The fourth-order valence-electron chi connectivity index (χ4n) is 9.72. The van der Waals surface area contributed by atoms with Gasteiger partial charge in [0.25, 0.3) is 5.91 Å². The molecule has 4 fully saturated rings. The van der Waals surface area contributed by atoms with Crippen LogP contribution in [0.2, 0.25) is 0 Å². The standard InChI is InChI=1S/C43H59N9O5/c1-28-7-5-10-35(40(28)43(57)52(27-53)36-12-13-39(55)47-42(36)56)49-18-14-30(15-19-49)8-6-17-48-20-16-31(23-29(48)2)50-21-22-51-32(26-50)25-46-41(45)37(51)24-34(44)33-9-3-4-11-38(33)54/h3-5,7,9-11,24,27,29-32,36,46,54H,6,8,12-23,25-26,44-45H2,1-2H3,(H,47,55,56)/b34-24-. The molecule has 57 heavy (non-hydrogen) atoms. The molecule has 5 aliphatic heterocycles. The Labute approximate surface area is 335 Å². The zero-order valence-electron chi connectivity index (χ0n) is 33.4. The molecule has 4 unspecified atom stereocenters. The summed E-state index contributed by atoms with van der Waals surface area (Å²) in [5, 5.41) is 16.0. The highest BCUT2D eigenvalue weighted by molar-refractivity contribution is 6.09. The van der Waals surface area contributed by atoms with Crippen LogP contribution < -0.4 is 27.0 Å². The summed E-state index contributed by atoms with van der Waals surface area (Å²) in [5.74, 6) is -0.116. The Bertz CT molecular complexity index is 1890. The number of piperidine rings is 3. The number of nitrogens with zero attached hydrogens (tertiary/aromatic N) is 5. The van der Waals surface area contributed by atoms with Gasteiger partial charge < -0.3 is 36.6 Å². The number of imide groups is 2. The highest BCUT2D eigenvalue weighted by Crippen LogP contribution is 2.33. The van der Waals surface area contributed by atoms with E-state index >= 15 is 0 Å². The number of anilines is 1. The van der Waals surface area contributed by atoms with Crippen LogP contribution in [0.15, 0.2) is 60.1 Å². The van der Waals surface area contributed by atoms with Gasteiger partial charge in [-0.3, -0.25) is 34.3 Å². The average Bonchev–Trinajstić information content (AvgIpc) is 3.20. The van der Waals surface area contributed by atoms with Crippen molar-refractivity contribution in [2.24, 2.45) is 17.4 Å². The number of benzene rings is 2. The highest BCUT2D eigenvalue weighted by atomic mass is 16.3. The third kappa shape index (κ3) is 8.76. The first-order valence-corrected chi connectivity index (χ1v) is 20.7. The van der Waals surface area contributed by atoms with Crippen LogP contribution in [0, 0.1) is 12.8 Å². The van der Waals surface area contributed by atoms with E-state index in [4.69, 9.17) is 11.5 Å².